The number of benzene rings is 1. The predicted octanol–water partition coefficient (Wildman–Crippen LogP) is 2.92. The predicted molar refractivity (Wildman–Crippen MR) is 110 cm³/mol. The number of hydrogen-bond acceptors (Lipinski definition) is 6. The Morgan fingerprint density at radius 3 is 2.53 bits per heavy atom. The Morgan fingerprint density at radius 1 is 1.13 bits per heavy atom. The van der Waals surface area contributed by atoms with Gasteiger partial charge in [0.25, 0.3) is 11.8 Å². The number of nitrogens with two attached hydrogens (primary N) is 1. The van der Waals surface area contributed by atoms with Crippen LogP contribution in [0.15, 0.2) is 72.2 Å². The summed E-state index contributed by atoms with van der Waals surface area (Å²) in [5, 5.41) is 6.80. The standard InChI is InChI=1S/C21H16N6O3/c1-2-13-3-5-15(6-4-13)27-11-16(18(26-27)19(22)28)24-20(29)17-12-30-21(25-17)14-7-9-23-10-8-14/h2-12H,1H2,(H2,22,28)(H,24,29). The van der Waals surface area contributed by atoms with Gasteiger partial charge in [-0.3, -0.25) is 14.6 Å². The van der Waals surface area contributed by atoms with Crippen LogP contribution in [0.2, 0.25) is 0 Å². The number of oxazole rings is 1. The number of carbonyl (C=O) groups is 2. The van der Waals surface area contributed by atoms with Crippen LogP contribution < -0.4 is 11.1 Å². The van der Waals surface area contributed by atoms with E-state index in [1.165, 1.54) is 17.1 Å². The summed E-state index contributed by atoms with van der Waals surface area (Å²) >= 11 is 0. The topological polar surface area (TPSA) is 129 Å². The van der Waals surface area contributed by atoms with Gasteiger partial charge in [0.05, 0.1) is 17.6 Å². The molecule has 2 amide bonds. The molecule has 3 heterocycles. The van der Waals surface area contributed by atoms with Crippen LogP contribution in [0.1, 0.15) is 26.5 Å². The number of nitrogens with zero attached hydrogens (tertiary/aromatic N) is 4. The fraction of sp³-hybridized carbons (Fsp3) is 0. The van der Waals surface area contributed by atoms with Gasteiger partial charge in [0.15, 0.2) is 11.4 Å². The van der Waals surface area contributed by atoms with Gasteiger partial charge < -0.3 is 15.5 Å². The van der Waals surface area contributed by atoms with Gasteiger partial charge in [0.1, 0.15) is 6.26 Å². The highest BCUT2D eigenvalue weighted by molar-refractivity contribution is 6.07. The van der Waals surface area contributed by atoms with E-state index >= 15 is 0 Å². The monoisotopic (exact) mass is 400 g/mol. The minimum Gasteiger partial charge on any atom is -0.444 e. The molecule has 0 atom stereocenters. The third-order valence-corrected chi connectivity index (χ3v) is 4.25. The number of amides is 2. The maximum atomic E-state index is 12.6. The van der Waals surface area contributed by atoms with E-state index in [1.807, 2.05) is 12.1 Å². The molecule has 0 saturated heterocycles. The Labute approximate surface area is 170 Å². The second-order valence-corrected chi connectivity index (χ2v) is 6.22. The molecule has 1 aromatic carbocycles. The fourth-order valence-corrected chi connectivity index (χ4v) is 2.73. The molecule has 0 radical (unpaired) electrons. The van der Waals surface area contributed by atoms with Gasteiger partial charge in [-0.15, -0.1) is 0 Å². The van der Waals surface area contributed by atoms with E-state index in [9.17, 15) is 9.59 Å². The number of rotatable bonds is 6. The molecule has 0 bridgehead atoms. The van der Waals surface area contributed by atoms with Crippen LogP contribution >= 0.6 is 0 Å². The van der Waals surface area contributed by atoms with Crippen molar-refractivity contribution < 1.29 is 14.0 Å². The van der Waals surface area contributed by atoms with Gasteiger partial charge in [-0.25, -0.2) is 9.67 Å². The molecule has 0 spiro atoms. The van der Waals surface area contributed by atoms with Gasteiger partial charge >= 0.3 is 0 Å². The SMILES string of the molecule is C=Cc1ccc(-n2cc(NC(=O)c3coc(-c4ccncc4)n3)c(C(N)=O)n2)cc1. The van der Waals surface area contributed by atoms with Crippen molar-refractivity contribution in [2.24, 2.45) is 5.73 Å². The van der Waals surface area contributed by atoms with Crippen molar-refractivity contribution >= 4 is 23.6 Å². The summed E-state index contributed by atoms with van der Waals surface area (Å²) in [5.74, 6) is -1.07. The Bertz CT molecular complexity index is 1230. The summed E-state index contributed by atoms with van der Waals surface area (Å²) in [6.45, 7) is 3.71. The zero-order chi connectivity index (χ0) is 21.1. The van der Waals surface area contributed by atoms with Crippen molar-refractivity contribution in [3.8, 4) is 17.1 Å². The highest BCUT2D eigenvalue weighted by Gasteiger charge is 2.20. The molecule has 0 saturated carbocycles. The van der Waals surface area contributed by atoms with Gasteiger partial charge in [-0.1, -0.05) is 24.8 Å². The van der Waals surface area contributed by atoms with Crippen LogP contribution in [0.5, 0.6) is 0 Å². The lowest BCUT2D eigenvalue weighted by atomic mass is 10.2. The van der Waals surface area contributed by atoms with E-state index in [0.717, 1.165) is 5.56 Å². The number of hydrogen-bond donors (Lipinski definition) is 2. The van der Waals surface area contributed by atoms with Crippen LogP contribution in [0.3, 0.4) is 0 Å². The molecule has 0 aliphatic carbocycles. The summed E-state index contributed by atoms with van der Waals surface area (Å²) in [5.41, 5.74) is 7.85. The summed E-state index contributed by atoms with van der Waals surface area (Å²) in [6, 6.07) is 10.7. The second-order valence-electron chi connectivity index (χ2n) is 6.22. The molecule has 4 rings (SSSR count). The zero-order valence-electron chi connectivity index (χ0n) is 15.6. The van der Waals surface area contributed by atoms with Gasteiger partial charge in [0.2, 0.25) is 5.89 Å². The van der Waals surface area contributed by atoms with E-state index in [4.69, 9.17) is 10.2 Å². The maximum absolute atomic E-state index is 12.6. The number of aromatic nitrogens is 4. The lowest BCUT2D eigenvalue weighted by molar-refractivity contribution is 0.0996. The van der Waals surface area contributed by atoms with E-state index in [1.54, 1.807) is 42.7 Å². The third-order valence-electron chi connectivity index (χ3n) is 4.25. The normalized spacial score (nSPS) is 10.5. The number of carbonyl (C=O) groups excluding carboxylic acids is 2. The maximum Gasteiger partial charge on any atom is 0.277 e. The van der Waals surface area contributed by atoms with Crippen molar-refractivity contribution in [2.75, 3.05) is 5.32 Å². The van der Waals surface area contributed by atoms with Gasteiger partial charge in [-0.05, 0) is 29.8 Å². The molecule has 0 fully saturated rings. The Kier molecular flexibility index (Phi) is 4.92. The molecule has 0 aliphatic heterocycles. The first-order valence-electron chi connectivity index (χ1n) is 8.85. The minimum absolute atomic E-state index is 0.0420. The second kappa shape index (κ2) is 7.84. The zero-order valence-corrected chi connectivity index (χ0v) is 15.6. The number of pyridine rings is 1. The summed E-state index contributed by atoms with van der Waals surface area (Å²) < 4.78 is 6.82. The van der Waals surface area contributed by atoms with Crippen molar-refractivity contribution in [2.45, 2.75) is 0 Å². The van der Waals surface area contributed by atoms with E-state index in [-0.39, 0.29) is 23.0 Å². The van der Waals surface area contributed by atoms with E-state index < -0.39 is 11.8 Å². The molecule has 148 valence electrons. The van der Waals surface area contributed by atoms with Crippen molar-refractivity contribution in [3.63, 3.8) is 0 Å². The van der Waals surface area contributed by atoms with Crippen molar-refractivity contribution in [1.82, 2.24) is 19.7 Å². The lowest BCUT2D eigenvalue weighted by Crippen LogP contribution is -2.18. The van der Waals surface area contributed by atoms with Crippen LogP contribution in [0, 0.1) is 0 Å². The molecule has 30 heavy (non-hydrogen) atoms. The van der Waals surface area contributed by atoms with Gasteiger partial charge in [-0.2, -0.15) is 5.10 Å². The quantitative estimate of drug-likeness (QED) is 0.512. The summed E-state index contributed by atoms with van der Waals surface area (Å²) in [7, 11) is 0. The molecule has 3 aromatic heterocycles. The molecule has 9 nitrogen and oxygen atoms in total. The Morgan fingerprint density at radius 2 is 1.87 bits per heavy atom. The number of anilines is 1. The largest absolute Gasteiger partial charge is 0.444 e. The smallest absolute Gasteiger partial charge is 0.277 e. The molecular formula is C21H16N6O3. The first-order chi connectivity index (χ1) is 14.5. The van der Waals surface area contributed by atoms with Crippen molar-refractivity contribution in [1.29, 1.82) is 0 Å². The van der Waals surface area contributed by atoms with E-state index in [2.05, 4.69) is 27.0 Å². The molecule has 0 aliphatic rings. The first kappa shape index (κ1) is 18.8. The van der Waals surface area contributed by atoms with Gasteiger partial charge in [0, 0.05) is 18.0 Å². The molecular weight excluding hydrogens is 384 g/mol. The van der Waals surface area contributed by atoms with Crippen LogP contribution in [-0.2, 0) is 0 Å². The Balaban J connectivity index is 1.60. The molecule has 0 unspecified atom stereocenters. The molecule has 3 N–H and O–H groups in total. The number of nitrogens with one attached hydrogen (secondary N) is 1. The van der Waals surface area contributed by atoms with Crippen LogP contribution in [0.25, 0.3) is 23.2 Å². The molecule has 4 aromatic rings. The minimum atomic E-state index is -0.774. The lowest BCUT2D eigenvalue weighted by Gasteiger charge is -2.01. The fourth-order valence-electron chi connectivity index (χ4n) is 2.73. The summed E-state index contributed by atoms with van der Waals surface area (Å²) in [4.78, 5) is 32.5. The first-order valence-corrected chi connectivity index (χ1v) is 8.85. The highest BCUT2D eigenvalue weighted by Crippen LogP contribution is 2.21. The van der Waals surface area contributed by atoms with E-state index in [0.29, 0.717) is 11.3 Å². The molecule has 9 heteroatoms. The van der Waals surface area contributed by atoms with Crippen LogP contribution in [0.4, 0.5) is 5.69 Å². The average molecular weight is 400 g/mol. The number of primary amides is 1. The van der Waals surface area contributed by atoms with Crippen LogP contribution in [-0.4, -0.2) is 31.6 Å². The van der Waals surface area contributed by atoms with Crippen molar-refractivity contribution in [3.05, 3.63) is 84.8 Å². The summed E-state index contributed by atoms with van der Waals surface area (Å²) in [6.07, 6.45) is 7.63. The average Bonchev–Trinajstić information content (AvgIpc) is 3.42. The Hall–Kier alpha value is -4.53. The third kappa shape index (κ3) is 3.72. The highest BCUT2D eigenvalue weighted by atomic mass is 16.3.